The number of hydrogen-bond donors (Lipinski definition) is 1. The smallest absolute Gasteiger partial charge is 0.391 e. The summed E-state index contributed by atoms with van der Waals surface area (Å²) in [5.41, 5.74) is -1.33. The molecule has 0 amide bonds. The lowest BCUT2D eigenvalue weighted by molar-refractivity contribution is -0.193. The Morgan fingerprint density at radius 3 is 2.35 bits per heavy atom. The predicted octanol–water partition coefficient (Wildman–Crippen LogP) is 2.42. The van der Waals surface area contributed by atoms with E-state index in [4.69, 9.17) is 0 Å². The van der Waals surface area contributed by atoms with Gasteiger partial charge in [0, 0.05) is 0 Å². The van der Waals surface area contributed by atoms with Crippen molar-refractivity contribution in [3.63, 3.8) is 0 Å². The Hall–Kier alpha value is -0.780. The van der Waals surface area contributed by atoms with Gasteiger partial charge in [-0.1, -0.05) is 0 Å². The number of carbonyl (C=O) groups excluding carboxylic acids is 1. The summed E-state index contributed by atoms with van der Waals surface area (Å²) in [6, 6.07) is 0. The van der Waals surface area contributed by atoms with Crippen LogP contribution in [-0.4, -0.2) is 29.5 Å². The lowest BCUT2D eigenvalue weighted by Gasteiger charge is -2.35. The van der Waals surface area contributed by atoms with E-state index in [0.29, 0.717) is 0 Å². The molecule has 17 heavy (non-hydrogen) atoms. The van der Waals surface area contributed by atoms with Crippen LogP contribution in [-0.2, 0) is 9.53 Å². The number of ether oxygens (including phenoxy) is 1. The lowest BCUT2D eigenvalue weighted by atomic mass is 9.77. The van der Waals surface area contributed by atoms with Crippen LogP contribution < -0.4 is 0 Å². The van der Waals surface area contributed by atoms with Gasteiger partial charge in [-0.2, -0.15) is 13.2 Å². The van der Waals surface area contributed by atoms with E-state index in [1.807, 2.05) is 0 Å². The van der Waals surface area contributed by atoms with Crippen molar-refractivity contribution in [1.82, 2.24) is 0 Å². The van der Waals surface area contributed by atoms with E-state index in [1.54, 1.807) is 6.92 Å². The van der Waals surface area contributed by atoms with Crippen LogP contribution in [0.1, 0.15) is 39.0 Å². The Labute approximate surface area is 97.9 Å². The van der Waals surface area contributed by atoms with Gasteiger partial charge in [0.2, 0.25) is 0 Å². The van der Waals surface area contributed by atoms with Crippen molar-refractivity contribution in [2.24, 2.45) is 5.92 Å². The molecular formula is C11H17F3O3. The van der Waals surface area contributed by atoms with Gasteiger partial charge < -0.3 is 9.84 Å². The van der Waals surface area contributed by atoms with Gasteiger partial charge in [-0.3, -0.25) is 4.79 Å². The molecular weight excluding hydrogens is 237 g/mol. The SMILES string of the molecule is CCOC(=O)CC1(O)CCC(C(F)(F)F)CC1. The molecule has 0 atom stereocenters. The maximum Gasteiger partial charge on any atom is 0.391 e. The fourth-order valence-corrected chi connectivity index (χ4v) is 2.14. The second-order valence-corrected chi connectivity index (χ2v) is 4.52. The molecule has 1 fully saturated rings. The maximum absolute atomic E-state index is 12.4. The minimum absolute atomic E-state index is 0.00398. The second-order valence-electron chi connectivity index (χ2n) is 4.52. The highest BCUT2D eigenvalue weighted by Crippen LogP contribution is 2.42. The van der Waals surface area contributed by atoms with Gasteiger partial charge >= 0.3 is 12.1 Å². The molecule has 0 bridgehead atoms. The zero-order valence-corrected chi connectivity index (χ0v) is 9.72. The summed E-state index contributed by atoms with van der Waals surface area (Å²) in [5.74, 6) is -1.91. The molecule has 3 nitrogen and oxygen atoms in total. The summed E-state index contributed by atoms with van der Waals surface area (Å²) in [7, 11) is 0. The molecule has 1 rings (SSSR count). The highest BCUT2D eigenvalue weighted by Gasteiger charge is 2.45. The molecule has 0 heterocycles. The first kappa shape index (κ1) is 14.3. The van der Waals surface area contributed by atoms with Crippen LogP contribution in [0.4, 0.5) is 13.2 Å². The van der Waals surface area contributed by atoms with Gasteiger partial charge in [0.1, 0.15) is 0 Å². The van der Waals surface area contributed by atoms with E-state index in [9.17, 15) is 23.1 Å². The zero-order chi connectivity index (χ0) is 13.1. The number of alkyl halides is 3. The highest BCUT2D eigenvalue weighted by atomic mass is 19.4. The van der Waals surface area contributed by atoms with Crippen LogP contribution in [0.25, 0.3) is 0 Å². The van der Waals surface area contributed by atoms with Crippen LogP contribution >= 0.6 is 0 Å². The fraction of sp³-hybridized carbons (Fsp3) is 0.909. The third kappa shape index (κ3) is 4.18. The van der Waals surface area contributed by atoms with E-state index in [-0.39, 0.29) is 38.7 Å². The molecule has 0 unspecified atom stereocenters. The summed E-state index contributed by atoms with van der Waals surface area (Å²) in [6.07, 6.45) is -4.68. The Balaban J connectivity index is 2.47. The van der Waals surface area contributed by atoms with Crippen LogP contribution in [0.3, 0.4) is 0 Å². The first-order valence-electron chi connectivity index (χ1n) is 5.71. The number of rotatable bonds is 3. The first-order valence-corrected chi connectivity index (χ1v) is 5.71. The Kier molecular flexibility index (Phi) is 4.41. The molecule has 0 aromatic rings. The van der Waals surface area contributed by atoms with Gasteiger partial charge in [-0.25, -0.2) is 0 Å². The molecule has 1 aliphatic rings. The average molecular weight is 254 g/mol. The summed E-state index contributed by atoms with van der Waals surface area (Å²) < 4.78 is 41.9. The fourth-order valence-electron chi connectivity index (χ4n) is 2.14. The predicted molar refractivity (Wildman–Crippen MR) is 54.2 cm³/mol. The third-order valence-corrected chi connectivity index (χ3v) is 3.16. The van der Waals surface area contributed by atoms with Crippen molar-refractivity contribution in [3.8, 4) is 0 Å². The highest BCUT2D eigenvalue weighted by molar-refractivity contribution is 5.70. The van der Waals surface area contributed by atoms with E-state index in [0.717, 1.165) is 0 Å². The molecule has 0 aliphatic heterocycles. The average Bonchev–Trinajstić information content (AvgIpc) is 2.16. The molecule has 1 N–H and O–H groups in total. The number of hydrogen-bond acceptors (Lipinski definition) is 3. The van der Waals surface area contributed by atoms with E-state index in [1.165, 1.54) is 0 Å². The van der Waals surface area contributed by atoms with E-state index in [2.05, 4.69) is 4.74 Å². The second kappa shape index (κ2) is 5.25. The minimum Gasteiger partial charge on any atom is -0.466 e. The summed E-state index contributed by atoms with van der Waals surface area (Å²) in [6.45, 7) is 1.85. The number of carbonyl (C=O) groups is 1. The van der Waals surface area contributed by atoms with Gasteiger partial charge in [0.05, 0.1) is 24.5 Å². The van der Waals surface area contributed by atoms with Crippen LogP contribution in [0, 0.1) is 5.92 Å². The summed E-state index contributed by atoms with van der Waals surface area (Å²) >= 11 is 0. The van der Waals surface area contributed by atoms with E-state index < -0.39 is 23.7 Å². The largest absolute Gasteiger partial charge is 0.466 e. The quantitative estimate of drug-likeness (QED) is 0.787. The first-order chi connectivity index (χ1) is 7.77. The van der Waals surface area contributed by atoms with Gasteiger partial charge in [-0.05, 0) is 32.6 Å². The number of aliphatic hydroxyl groups is 1. The summed E-state index contributed by atoms with van der Waals surface area (Å²) in [4.78, 5) is 11.2. The molecule has 0 saturated heterocycles. The standard InChI is InChI=1S/C11H17F3O3/c1-2-17-9(15)7-10(16)5-3-8(4-6-10)11(12,13)14/h8,16H,2-7H2,1H3. The lowest BCUT2D eigenvalue weighted by Crippen LogP contribution is -2.40. The zero-order valence-electron chi connectivity index (χ0n) is 9.72. The maximum atomic E-state index is 12.4. The number of halogens is 3. The van der Waals surface area contributed by atoms with Crippen molar-refractivity contribution in [1.29, 1.82) is 0 Å². The molecule has 1 saturated carbocycles. The summed E-state index contributed by atoms with van der Waals surface area (Å²) in [5, 5.41) is 9.98. The van der Waals surface area contributed by atoms with Crippen LogP contribution in [0.2, 0.25) is 0 Å². The third-order valence-electron chi connectivity index (χ3n) is 3.16. The van der Waals surface area contributed by atoms with Crippen molar-refractivity contribution >= 4 is 5.97 Å². The number of esters is 1. The monoisotopic (exact) mass is 254 g/mol. The Morgan fingerprint density at radius 2 is 1.94 bits per heavy atom. The minimum atomic E-state index is -4.20. The van der Waals surface area contributed by atoms with Gasteiger partial charge in [-0.15, -0.1) is 0 Å². The van der Waals surface area contributed by atoms with Crippen molar-refractivity contribution in [2.45, 2.75) is 50.8 Å². The van der Waals surface area contributed by atoms with Crippen LogP contribution in [0.5, 0.6) is 0 Å². The molecule has 1 aliphatic carbocycles. The molecule has 0 aromatic carbocycles. The topological polar surface area (TPSA) is 46.5 Å². The Bertz CT molecular complexity index is 268. The van der Waals surface area contributed by atoms with Crippen LogP contribution in [0.15, 0.2) is 0 Å². The van der Waals surface area contributed by atoms with Gasteiger partial charge in [0.15, 0.2) is 0 Å². The van der Waals surface area contributed by atoms with E-state index >= 15 is 0 Å². The molecule has 0 aromatic heterocycles. The normalized spacial score (nSPS) is 30.1. The molecule has 100 valence electrons. The van der Waals surface area contributed by atoms with Crippen molar-refractivity contribution in [3.05, 3.63) is 0 Å². The van der Waals surface area contributed by atoms with Gasteiger partial charge in [0.25, 0.3) is 0 Å². The molecule has 6 heteroatoms. The van der Waals surface area contributed by atoms with Crippen molar-refractivity contribution < 1.29 is 27.8 Å². The van der Waals surface area contributed by atoms with Crippen molar-refractivity contribution in [2.75, 3.05) is 6.61 Å². The molecule has 0 radical (unpaired) electrons. The molecule has 0 spiro atoms. The Morgan fingerprint density at radius 1 is 1.41 bits per heavy atom.